The Morgan fingerprint density at radius 3 is 2.28 bits per heavy atom. The number of carbonyl (C=O) groups is 1. The third kappa shape index (κ3) is 6.38. The van der Waals surface area contributed by atoms with E-state index in [1.165, 1.54) is 6.07 Å². The maximum absolute atomic E-state index is 12.7. The lowest BCUT2D eigenvalue weighted by molar-refractivity contribution is 0.0240. The summed E-state index contributed by atoms with van der Waals surface area (Å²) in [5, 5.41) is 0. The first-order chi connectivity index (χ1) is 11.4. The number of anilines is 1. The SMILES string of the molecule is CC(C)(C)OC(=O)N1CCN(c2cc(S)cc(C[B-](F)(F)F)c2)CC1. The molecule has 0 spiro atoms. The second-order valence-electron chi connectivity index (χ2n) is 7.23. The smallest absolute Gasteiger partial charge is 0.449 e. The van der Waals surface area contributed by atoms with Crippen molar-refractivity contribution in [1.82, 2.24) is 4.90 Å². The number of nitrogens with zero attached hydrogens (tertiary/aromatic N) is 2. The van der Waals surface area contributed by atoms with E-state index < -0.39 is 18.9 Å². The van der Waals surface area contributed by atoms with Gasteiger partial charge in [-0.1, -0.05) is 11.9 Å². The number of amides is 1. The van der Waals surface area contributed by atoms with Crippen LogP contribution in [0.25, 0.3) is 0 Å². The summed E-state index contributed by atoms with van der Waals surface area (Å²) in [5.41, 5.74) is 0.360. The van der Waals surface area contributed by atoms with Gasteiger partial charge in [0.25, 0.3) is 0 Å². The van der Waals surface area contributed by atoms with Crippen molar-refractivity contribution in [3.05, 3.63) is 23.8 Å². The number of piperazine rings is 1. The molecular formula is C16H23BF3N2O2S-. The Hall–Kier alpha value is -1.51. The van der Waals surface area contributed by atoms with Crippen molar-refractivity contribution in [2.24, 2.45) is 0 Å². The first kappa shape index (κ1) is 19.8. The molecule has 1 aliphatic heterocycles. The lowest BCUT2D eigenvalue weighted by Crippen LogP contribution is -2.50. The van der Waals surface area contributed by atoms with Gasteiger partial charge in [0.15, 0.2) is 0 Å². The summed E-state index contributed by atoms with van der Waals surface area (Å²) in [6.45, 7) is 2.53. The Morgan fingerprint density at radius 2 is 1.76 bits per heavy atom. The molecule has 0 N–H and O–H groups in total. The van der Waals surface area contributed by atoms with Gasteiger partial charge >= 0.3 is 13.1 Å². The highest BCUT2D eigenvalue weighted by atomic mass is 32.1. The van der Waals surface area contributed by atoms with Crippen molar-refractivity contribution in [1.29, 1.82) is 0 Å². The molecular weight excluding hydrogens is 352 g/mol. The minimum Gasteiger partial charge on any atom is -0.449 e. The molecule has 1 aromatic rings. The van der Waals surface area contributed by atoms with Crippen LogP contribution in [0.15, 0.2) is 23.1 Å². The van der Waals surface area contributed by atoms with E-state index in [9.17, 15) is 17.7 Å². The Labute approximate surface area is 151 Å². The molecule has 1 amide bonds. The third-order valence-electron chi connectivity index (χ3n) is 3.73. The fraction of sp³-hybridized carbons (Fsp3) is 0.562. The van der Waals surface area contributed by atoms with Gasteiger partial charge in [0.1, 0.15) is 5.60 Å². The standard InChI is InChI=1S/C16H23BF3N2O2S/c1-16(2,3)24-15(23)22-6-4-21(5-7-22)13-8-12(9-14(25)10-13)11-17(18,19)20/h8-10,25H,4-7,11H2,1-3H3/q-1. The number of halogens is 3. The van der Waals surface area contributed by atoms with Gasteiger partial charge in [0.05, 0.1) is 0 Å². The summed E-state index contributed by atoms with van der Waals surface area (Å²) >= 11 is 4.22. The molecule has 9 heteroatoms. The zero-order valence-corrected chi connectivity index (χ0v) is 15.5. The number of thiol groups is 1. The molecule has 140 valence electrons. The Kier molecular flexibility index (Phi) is 5.86. The van der Waals surface area contributed by atoms with Gasteiger partial charge in [-0.2, -0.15) is 0 Å². The highest BCUT2D eigenvalue weighted by molar-refractivity contribution is 7.80. The zero-order valence-electron chi connectivity index (χ0n) is 14.6. The number of benzene rings is 1. The fourth-order valence-corrected chi connectivity index (χ4v) is 3.00. The van der Waals surface area contributed by atoms with E-state index in [0.29, 0.717) is 36.8 Å². The molecule has 1 aromatic carbocycles. The molecule has 0 saturated carbocycles. The van der Waals surface area contributed by atoms with E-state index in [2.05, 4.69) is 12.6 Å². The Balaban J connectivity index is 2.02. The van der Waals surface area contributed by atoms with Gasteiger partial charge < -0.3 is 27.5 Å². The Morgan fingerprint density at radius 1 is 1.16 bits per heavy atom. The zero-order chi connectivity index (χ0) is 18.8. The molecule has 0 bridgehead atoms. The summed E-state index contributed by atoms with van der Waals surface area (Å²) in [6.07, 6.45) is -1.28. The van der Waals surface area contributed by atoms with Crippen LogP contribution in [0.3, 0.4) is 0 Å². The van der Waals surface area contributed by atoms with Crippen LogP contribution in [0.2, 0.25) is 0 Å². The van der Waals surface area contributed by atoms with Crippen molar-refractivity contribution < 1.29 is 22.5 Å². The molecule has 0 atom stereocenters. The predicted octanol–water partition coefficient (Wildman–Crippen LogP) is 3.96. The minimum atomic E-state index is -4.89. The molecule has 1 aliphatic rings. The summed E-state index contributed by atoms with van der Waals surface area (Å²) in [5.74, 6) is 0. The van der Waals surface area contributed by atoms with Gasteiger partial charge in [-0.05, 0) is 39.0 Å². The minimum absolute atomic E-state index is 0.213. The first-order valence-corrected chi connectivity index (χ1v) is 8.64. The summed E-state index contributed by atoms with van der Waals surface area (Å²) in [4.78, 5) is 16.2. The van der Waals surface area contributed by atoms with Gasteiger partial charge in [0, 0.05) is 36.8 Å². The normalized spacial score (nSPS) is 16.1. The number of rotatable bonds is 3. The van der Waals surface area contributed by atoms with Crippen LogP contribution >= 0.6 is 12.6 Å². The van der Waals surface area contributed by atoms with Crippen molar-refractivity contribution in [2.75, 3.05) is 31.1 Å². The second-order valence-corrected chi connectivity index (χ2v) is 7.74. The van der Waals surface area contributed by atoms with Crippen molar-refractivity contribution in [3.63, 3.8) is 0 Å². The van der Waals surface area contributed by atoms with E-state index >= 15 is 0 Å². The van der Waals surface area contributed by atoms with Crippen molar-refractivity contribution in [2.45, 2.75) is 37.6 Å². The van der Waals surface area contributed by atoms with Crippen LogP contribution in [0.4, 0.5) is 23.4 Å². The van der Waals surface area contributed by atoms with E-state index in [1.54, 1.807) is 17.0 Å². The topological polar surface area (TPSA) is 32.8 Å². The fourth-order valence-electron chi connectivity index (χ4n) is 2.70. The maximum atomic E-state index is 12.7. The lowest BCUT2D eigenvalue weighted by atomic mass is 9.82. The molecule has 4 nitrogen and oxygen atoms in total. The van der Waals surface area contributed by atoms with Crippen molar-refractivity contribution in [3.8, 4) is 0 Å². The van der Waals surface area contributed by atoms with E-state index in [-0.39, 0.29) is 11.7 Å². The first-order valence-electron chi connectivity index (χ1n) is 8.20. The molecule has 0 unspecified atom stereocenters. The molecule has 25 heavy (non-hydrogen) atoms. The average molecular weight is 375 g/mol. The maximum Gasteiger partial charge on any atom is 0.482 e. The Bertz CT molecular complexity index is 627. The van der Waals surface area contributed by atoms with E-state index in [4.69, 9.17) is 4.74 Å². The highest BCUT2D eigenvalue weighted by Crippen LogP contribution is 2.26. The van der Waals surface area contributed by atoms with Crippen LogP contribution in [-0.4, -0.2) is 49.8 Å². The predicted molar refractivity (Wildman–Crippen MR) is 96.5 cm³/mol. The second kappa shape index (κ2) is 7.39. The summed E-state index contributed by atoms with van der Waals surface area (Å²) in [7, 11) is 0. The largest absolute Gasteiger partial charge is 0.482 e. The van der Waals surface area contributed by atoms with E-state index in [1.807, 2.05) is 25.7 Å². The number of hydrogen-bond donors (Lipinski definition) is 1. The average Bonchev–Trinajstić information content (AvgIpc) is 2.43. The molecule has 0 aliphatic carbocycles. The summed E-state index contributed by atoms with van der Waals surface area (Å²) in [6, 6.07) is 4.75. The quantitative estimate of drug-likeness (QED) is 0.641. The molecule has 1 saturated heterocycles. The molecule has 0 radical (unpaired) electrons. The number of hydrogen-bond acceptors (Lipinski definition) is 4. The van der Waals surface area contributed by atoms with Crippen LogP contribution < -0.4 is 4.90 Å². The number of carbonyl (C=O) groups excluding carboxylic acids is 1. The molecule has 2 rings (SSSR count). The molecule has 1 fully saturated rings. The van der Waals surface area contributed by atoms with Crippen LogP contribution in [0, 0.1) is 0 Å². The third-order valence-corrected chi connectivity index (χ3v) is 3.98. The highest BCUT2D eigenvalue weighted by Gasteiger charge is 2.27. The van der Waals surface area contributed by atoms with Gasteiger partial charge in [-0.3, -0.25) is 0 Å². The van der Waals surface area contributed by atoms with E-state index in [0.717, 1.165) is 0 Å². The van der Waals surface area contributed by atoms with Crippen LogP contribution in [-0.2, 0) is 11.1 Å². The van der Waals surface area contributed by atoms with Crippen LogP contribution in [0.5, 0.6) is 0 Å². The van der Waals surface area contributed by atoms with Gasteiger partial charge in [-0.25, -0.2) is 4.79 Å². The van der Waals surface area contributed by atoms with Gasteiger partial charge in [-0.15, -0.1) is 12.6 Å². The molecule has 0 aromatic heterocycles. The van der Waals surface area contributed by atoms with Crippen molar-refractivity contribution >= 4 is 31.4 Å². The van der Waals surface area contributed by atoms with Crippen LogP contribution in [0.1, 0.15) is 26.3 Å². The number of ether oxygens (including phenoxy) is 1. The van der Waals surface area contributed by atoms with Gasteiger partial charge in [0.2, 0.25) is 0 Å². The molecule has 1 heterocycles. The summed E-state index contributed by atoms with van der Waals surface area (Å²) < 4.78 is 43.4. The monoisotopic (exact) mass is 375 g/mol. The lowest BCUT2D eigenvalue weighted by Gasteiger charge is -2.37.